The molecule has 1 aliphatic rings. The molecule has 2 aromatic rings. The second-order valence-corrected chi connectivity index (χ2v) is 4.91. The Labute approximate surface area is 116 Å². The minimum Gasteiger partial charge on any atom is -0.479 e. The Morgan fingerprint density at radius 2 is 2.35 bits per heavy atom. The minimum atomic E-state index is -0.0374. The van der Waals surface area contributed by atoms with Crippen LogP contribution in [0, 0.1) is 0 Å². The Morgan fingerprint density at radius 3 is 3.05 bits per heavy atom. The first-order chi connectivity index (χ1) is 9.69. The monoisotopic (exact) mass is 275 g/mol. The predicted octanol–water partition coefficient (Wildman–Crippen LogP) is 0.712. The Bertz CT molecular complexity index is 604. The molecule has 7 nitrogen and oxygen atoms in total. The van der Waals surface area contributed by atoms with Crippen molar-refractivity contribution in [1.82, 2.24) is 24.5 Å². The second kappa shape index (κ2) is 4.99. The van der Waals surface area contributed by atoms with Crippen molar-refractivity contribution in [2.24, 2.45) is 7.05 Å². The SMILES string of the molecule is COc1nn(C)cc1C(=O)N1CCC(n2cccn2)C1. The van der Waals surface area contributed by atoms with Crippen LogP contribution in [0.3, 0.4) is 0 Å². The fourth-order valence-corrected chi connectivity index (χ4v) is 2.57. The standard InChI is InChI=1S/C13H17N5O2/c1-16-9-11(12(15-16)20-2)13(19)17-7-4-10(8-17)18-6-3-5-14-18/h3,5-6,9-10H,4,7-8H2,1-2H3. The molecule has 1 atom stereocenters. The van der Waals surface area contributed by atoms with Crippen LogP contribution in [0.4, 0.5) is 0 Å². The third kappa shape index (κ3) is 2.15. The normalized spacial score (nSPS) is 18.5. The number of aromatic nitrogens is 4. The smallest absolute Gasteiger partial charge is 0.261 e. The van der Waals surface area contributed by atoms with Crippen LogP contribution in [0.15, 0.2) is 24.7 Å². The Kier molecular flexibility index (Phi) is 3.17. The van der Waals surface area contributed by atoms with E-state index in [2.05, 4.69) is 10.2 Å². The van der Waals surface area contributed by atoms with Gasteiger partial charge in [0, 0.05) is 38.7 Å². The summed E-state index contributed by atoms with van der Waals surface area (Å²) in [6.45, 7) is 1.39. The van der Waals surface area contributed by atoms with Crippen molar-refractivity contribution in [2.45, 2.75) is 12.5 Å². The Balaban J connectivity index is 1.75. The largest absolute Gasteiger partial charge is 0.479 e. The van der Waals surface area contributed by atoms with Gasteiger partial charge in [0.25, 0.3) is 5.91 Å². The summed E-state index contributed by atoms with van der Waals surface area (Å²) < 4.78 is 8.65. The maximum absolute atomic E-state index is 12.5. The van der Waals surface area contributed by atoms with E-state index >= 15 is 0 Å². The second-order valence-electron chi connectivity index (χ2n) is 4.91. The molecule has 2 aromatic heterocycles. The van der Waals surface area contributed by atoms with Gasteiger partial charge < -0.3 is 9.64 Å². The molecule has 0 N–H and O–H groups in total. The molecule has 1 unspecified atom stereocenters. The van der Waals surface area contributed by atoms with Gasteiger partial charge in [-0.15, -0.1) is 5.10 Å². The topological polar surface area (TPSA) is 65.2 Å². The average molecular weight is 275 g/mol. The van der Waals surface area contributed by atoms with Crippen LogP contribution in [0.2, 0.25) is 0 Å². The number of carbonyl (C=O) groups is 1. The van der Waals surface area contributed by atoms with E-state index in [9.17, 15) is 4.79 Å². The van der Waals surface area contributed by atoms with Crippen LogP contribution in [-0.4, -0.2) is 50.6 Å². The van der Waals surface area contributed by atoms with Gasteiger partial charge in [-0.25, -0.2) is 0 Å². The molecule has 3 heterocycles. The highest BCUT2D eigenvalue weighted by molar-refractivity contribution is 5.96. The molecule has 0 aromatic carbocycles. The van der Waals surface area contributed by atoms with Crippen molar-refractivity contribution in [3.8, 4) is 5.88 Å². The van der Waals surface area contributed by atoms with Crippen LogP contribution in [-0.2, 0) is 7.05 Å². The molecule has 106 valence electrons. The summed E-state index contributed by atoms with van der Waals surface area (Å²) in [5.41, 5.74) is 0.510. The quantitative estimate of drug-likeness (QED) is 0.827. The van der Waals surface area contributed by atoms with E-state index in [1.54, 1.807) is 24.1 Å². The van der Waals surface area contributed by atoms with Gasteiger partial charge in [0.2, 0.25) is 5.88 Å². The highest BCUT2D eigenvalue weighted by Gasteiger charge is 2.30. The highest BCUT2D eigenvalue weighted by atomic mass is 16.5. The summed E-state index contributed by atoms with van der Waals surface area (Å²) in [5, 5.41) is 8.36. The number of methoxy groups -OCH3 is 1. The van der Waals surface area contributed by atoms with Gasteiger partial charge in [-0.2, -0.15) is 5.10 Å². The van der Waals surface area contributed by atoms with Crippen molar-refractivity contribution in [3.63, 3.8) is 0 Å². The van der Waals surface area contributed by atoms with Gasteiger partial charge in [0.15, 0.2) is 0 Å². The zero-order valence-corrected chi connectivity index (χ0v) is 11.6. The maximum Gasteiger partial charge on any atom is 0.261 e. The van der Waals surface area contributed by atoms with Crippen molar-refractivity contribution in [1.29, 1.82) is 0 Å². The van der Waals surface area contributed by atoms with Crippen molar-refractivity contribution >= 4 is 5.91 Å². The van der Waals surface area contributed by atoms with E-state index in [1.165, 1.54) is 7.11 Å². The van der Waals surface area contributed by atoms with Gasteiger partial charge in [-0.3, -0.25) is 14.2 Å². The first-order valence-corrected chi connectivity index (χ1v) is 6.55. The fourth-order valence-electron chi connectivity index (χ4n) is 2.57. The molecule has 1 fully saturated rings. The summed E-state index contributed by atoms with van der Waals surface area (Å²) >= 11 is 0. The summed E-state index contributed by atoms with van der Waals surface area (Å²) in [6, 6.07) is 2.14. The fraction of sp³-hybridized carbons (Fsp3) is 0.462. The van der Waals surface area contributed by atoms with Gasteiger partial charge in [0.05, 0.1) is 13.2 Å². The molecular formula is C13H17N5O2. The summed E-state index contributed by atoms with van der Waals surface area (Å²) in [5.74, 6) is 0.338. The number of amides is 1. The third-order valence-corrected chi connectivity index (χ3v) is 3.57. The van der Waals surface area contributed by atoms with Crippen LogP contribution in [0.5, 0.6) is 5.88 Å². The number of likely N-dealkylation sites (tertiary alicyclic amines) is 1. The number of hydrogen-bond donors (Lipinski definition) is 0. The van der Waals surface area contributed by atoms with Crippen LogP contribution >= 0.6 is 0 Å². The molecule has 1 aliphatic heterocycles. The van der Waals surface area contributed by atoms with Crippen molar-refractivity contribution in [2.75, 3.05) is 20.2 Å². The van der Waals surface area contributed by atoms with Gasteiger partial charge >= 0.3 is 0 Å². The lowest BCUT2D eigenvalue weighted by Gasteiger charge is -2.16. The molecule has 20 heavy (non-hydrogen) atoms. The van der Waals surface area contributed by atoms with Gasteiger partial charge in [-0.05, 0) is 12.5 Å². The number of carbonyl (C=O) groups excluding carboxylic acids is 1. The van der Waals surface area contributed by atoms with E-state index in [-0.39, 0.29) is 11.9 Å². The van der Waals surface area contributed by atoms with E-state index in [4.69, 9.17) is 4.74 Å². The zero-order valence-electron chi connectivity index (χ0n) is 11.6. The summed E-state index contributed by atoms with van der Waals surface area (Å²) in [7, 11) is 3.30. The number of ether oxygens (including phenoxy) is 1. The molecular weight excluding hydrogens is 258 g/mol. The third-order valence-electron chi connectivity index (χ3n) is 3.57. The average Bonchev–Trinajstić information content (AvgIpc) is 3.17. The van der Waals surface area contributed by atoms with Crippen LogP contribution < -0.4 is 4.74 Å². The van der Waals surface area contributed by atoms with Crippen molar-refractivity contribution in [3.05, 3.63) is 30.2 Å². The summed E-state index contributed by atoms with van der Waals surface area (Å²) in [6.07, 6.45) is 6.30. The molecule has 1 amide bonds. The first-order valence-electron chi connectivity index (χ1n) is 6.55. The molecule has 7 heteroatoms. The van der Waals surface area contributed by atoms with Crippen LogP contribution in [0.1, 0.15) is 22.8 Å². The van der Waals surface area contributed by atoms with Crippen molar-refractivity contribution < 1.29 is 9.53 Å². The summed E-state index contributed by atoms with van der Waals surface area (Å²) in [4.78, 5) is 14.3. The van der Waals surface area contributed by atoms with Gasteiger partial charge in [0.1, 0.15) is 5.56 Å². The minimum absolute atomic E-state index is 0.0374. The zero-order chi connectivity index (χ0) is 14.1. The lowest BCUT2D eigenvalue weighted by molar-refractivity contribution is 0.0783. The van der Waals surface area contributed by atoms with Gasteiger partial charge in [-0.1, -0.05) is 0 Å². The van der Waals surface area contributed by atoms with Crippen LogP contribution in [0.25, 0.3) is 0 Å². The maximum atomic E-state index is 12.5. The lowest BCUT2D eigenvalue weighted by Crippen LogP contribution is -2.29. The molecule has 0 radical (unpaired) electrons. The Hall–Kier alpha value is -2.31. The Morgan fingerprint density at radius 1 is 1.50 bits per heavy atom. The van der Waals surface area contributed by atoms with E-state index < -0.39 is 0 Å². The molecule has 0 bridgehead atoms. The number of hydrogen-bond acceptors (Lipinski definition) is 4. The number of nitrogens with zero attached hydrogens (tertiary/aromatic N) is 5. The molecule has 0 saturated carbocycles. The lowest BCUT2D eigenvalue weighted by atomic mass is 10.3. The number of aryl methyl sites for hydroxylation is 1. The first kappa shape index (κ1) is 12.7. The molecule has 0 aliphatic carbocycles. The highest BCUT2D eigenvalue weighted by Crippen LogP contribution is 2.25. The number of rotatable bonds is 3. The molecule has 0 spiro atoms. The van der Waals surface area contributed by atoms with E-state index in [0.717, 1.165) is 13.0 Å². The molecule has 1 saturated heterocycles. The molecule has 3 rings (SSSR count). The predicted molar refractivity (Wildman–Crippen MR) is 71.5 cm³/mol. The van der Waals surface area contributed by atoms with E-state index in [1.807, 2.05) is 21.8 Å². The van der Waals surface area contributed by atoms with E-state index in [0.29, 0.717) is 18.0 Å².